The summed E-state index contributed by atoms with van der Waals surface area (Å²) in [5, 5.41) is 8.34. The first-order valence-corrected chi connectivity index (χ1v) is 2.75. The number of hydrogen-bond donors (Lipinski definition) is 0. The van der Waals surface area contributed by atoms with Crippen LogP contribution in [0.1, 0.15) is 5.56 Å². The summed E-state index contributed by atoms with van der Waals surface area (Å²) in [5.74, 6) is 0. The van der Waals surface area contributed by atoms with Gasteiger partial charge in [0.25, 0.3) is 0 Å². The van der Waals surface area contributed by atoms with Crippen molar-refractivity contribution < 1.29 is 17.0 Å². The number of halogens is 1. The maximum Gasteiger partial charge on any atom is 0.387 e. The fraction of sp³-hybridized carbons (Fsp3) is 0.143. The van der Waals surface area contributed by atoms with E-state index in [0.29, 0.717) is 5.69 Å². The Balaban J connectivity index is 0.000000810. The highest BCUT2D eigenvalue weighted by Crippen LogP contribution is 2.15. The average molecular weight is 199 g/mol. The Morgan fingerprint density at radius 3 is 2.30 bits per heavy atom. The van der Waals surface area contributed by atoms with Crippen LogP contribution in [0, 0.1) is 12.3 Å². The lowest BCUT2D eigenvalue weighted by molar-refractivity contribution is -0.00000213. The van der Waals surface area contributed by atoms with Crippen molar-refractivity contribution in [3.8, 4) is 0 Å². The number of hydrogen-bond acceptors (Lipinski definition) is 1. The van der Waals surface area contributed by atoms with E-state index >= 15 is 0 Å². The SMILES string of the molecule is Cc1ccccc1[N+]#N.[Br-]. The Morgan fingerprint density at radius 1 is 1.30 bits per heavy atom. The van der Waals surface area contributed by atoms with Gasteiger partial charge in [0.15, 0.2) is 4.98 Å². The predicted octanol–water partition coefficient (Wildman–Crippen LogP) is -0.516. The topological polar surface area (TPSA) is 28.1 Å². The van der Waals surface area contributed by atoms with Crippen molar-refractivity contribution in [2.75, 3.05) is 0 Å². The molecule has 0 N–H and O–H groups in total. The lowest BCUT2D eigenvalue weighted by Crippen LogP contribution is -3.00. The normalized spacial score (nSPS) is 7.60. The van der Waals surface area contributed by atoms with Gasteiger partial charge in [-0.2, -0.15) is 0 Å². The van der Waals surface area contributed by atoms with Gasteiger partial charge in [-0.15, -0.1) is 0 Å². The molecule has 52 valence electrons. The first kappa shape index (κ1) is 9.12. The van der Waals surface area contributed by atoms with Crippen LogP contribution in [0.5, 0.6) is 0 Å². The number of aryl methyl sites for hydroxylation is 1. The second-order valence-corrected chi connectivity index (χ2v) is 1.89. The van der Waals surface area contributed by atoms with E-state index < -0.39 is 0 Å². The van der Waals surface area contributed by atoms with Gasteiger partial charge >= 0.3 is 5.69 Å². The first-order valence-electron chi connectivity index (χ1n) is 2.75. The Hall–Kier alpha value is -0.880. The minimum atomic E-state index is 0. The van der Waals surface area contributed by atoms with Crippen LogP contribution in [0.4, 0.5) is 5.69 Å². The molecule has 0 amide bonds. The summed E-state index contributed by atoms with van der Waals surface area (Å²) in [6.07, 6.45) is 0. The van der Waals surface area contributed by atoms with Crippen LogP contribution in [-0.4, -0.2) is 0 Å². The van der Waals surface area contributed by atoms with E-state index in [4.69, 9.17) is 5.39 Å². The summed E-state index contributed by atoms with van der Waals surface area (Å²) in [5.41, 5.74) is 1.62. The Kier molecular flexibility index (Phi) is 3.67. The molecule has 0 radical (unpaired) electrons. The molecule has 0 saturated carbocycles. The third-order valence-electron chi connectivity index (χ3n) is 1.22. The molecule has 0 aliphatic heterocycles. The zero-order chi connectivity index (χ0) is 6.69. The van der Waals surface area contributed by atoms with Crippen LogP contribution in [0.3, 0.4) is 0 Å². The second-order valence-electron chi connectivity index (χ2n) is 1.89. The van der Waals surface area contributed by atoms with Gasteiger partial charge in [-0.05, 0) is 6.92 Å². The lowest BCUT2D eigenvalue weighted by atomic mass is 10.2. The molecular formula is C7H7BrN2. The molecular weight excluding hydrogens is 192 g/mol. The van der Waals surface area contributed by atoms with E-state index in [1.807, 2.05) is 25.1 Å². The van der Waals surface area contributed by atoms with Crippen molar-refractivity contribution in [3.05, 3.63) is 34.8 Å². The van der Waals surface area contributed by atoms with E-state index in [1.54, 1.807) is 6.07 Å². The van der Waals surface area contributed by atoms with E-state index in [2.05, 4.69) is 4.98 Å². The molecule has 0 unspecified atom stereocenters. The van der Waals surface area contributed by atoms with Crippen LogP contribution in [0.25, 0.3) is 4.98 Å². The molecule has 1 aromatic carbocycles. The lowest BCUT2D eigenvalue weighted by Gasteiger charge is -1.80. The first-order chi connectivity index (χ1) is 4.34. The van der Waals surface area contributed by atoms with Crippen LogP contribution in [0.2, 0.25) is 0 Å². The average Bonchev–Trinajstić information content (AvgIpc) is 1.89. The molecule has 1 rings (SSSR count). The minimum Gasteiger partial charge on any atom is -1.00 e. The molecule has 0 atom stereocenters. The van der Waals surface area contributed by atoms with E-state index in [-0.39, 0.29) is 17.0 Å². The zero-order valence-electron chi connectivity index (χ0n) is 5.58. The molecule has 0 aromatic heterocycles. The summed E-state index contributed by atoms with van der Waals surface area (Å²) < 4.78 is 0. The summed E-state index contributed by atoms with van der Waals surface area (Å²) in [6.45, 7) is 1.90. The molecule has 1 aromatic rings. The summed E-state index contributed by atoms with van der Waals surface area (Å²) >= 11 is 0. The van der Waals surface area contributed by atoms with Crippen LogP contribution >= 0.6 is 0 Å². The zero-order valence-corrected chi connectivity index (χ0v) is 7.17. The molecule has 10 heavy (non-hydrogen) atoms. The second kappa shape index (κ2) is 4.02. The fourth-order valence-electron chi connectivity index (χ4n) is 0.676. The largest absolute Gasteiger partial charge is 1.00 e. The Bertz CT molecular complexity index is 252. The summed E-state index contributed by atoms with van der Waals surface area (Å²) in [6, 6.07) is 7.40. The molecule has 0 aliphatic carbocycles. The molecule has 0 spiro atoms. The summed E-state index contributed by atoms with van der Waals surface area (Å²) in [4.78, 5) is 3.07. The minimum absolute atomic E-state index is 0. The number of nitrogens with zero attached hydrogens (tertiary/aromatic N) is 2. The molecule has 0 aliphatic rings. The van der Waals surface area contributed by atoms with Gasteiger partial charge in [-0.3, -0.25) is 0 Å². The van der Waals surface area contributed by atoms with Gasteiger partial charge in [-0.1, -0.05) is 18.2 Å². The van der Waals surface area contributed by atoms with Crippen molar-refractivity contribution in [2.45, 2.75) is 6.92 Å². The monoisotopic (exact) mass is 198 g/mol. The van der Waals surface area contributed by atoms with Crippen molar-refractivity contribution in [2.24, 2.45) is 0 Å². The highest BCUT2D eigenvalue weighted by molar-refractivity contribution is 5.50. The fourth-order valence-corrected chi connectivity index (χ4v) is 0.676. The third kappa shape index (κ3) is 1.82. The number of benzene rings is 1. The quantitative estimate of drug-likeness (QED) is 0.517. The smallest absolute Gasteiger partial charge is 0.387 e. The maximum absolute atomic E-state index is 8.34. The van der Waals surface area contributed by atoms with Crippen molar-refractivity contribution in [3.63, 3.8) is 0 Å². The molecule has 3 heteroatoms. The van der Waals surface area contributed by atoms with Crippen molar-refractivity contribution in [1.82, 2.24) is 0 Å². The standard InChI is InChI=1S/C7H7N2.BrH/c1-6-4-2-3-5-7(6)9-8;/h2-5H,1H3;1H/q+1;/p-1. The van der Waals surface area contributed by atoms with Crippen molar-refractivity contribution >= 4 is 5.69 Å². The van der Waals surface area contributed by atoms with E-state index in [0.717, 1.165) is 5.56 Å². The highest BCUT2D eigenvalue weighted by atomic mass is 79.9. The highest BCUT2D eigenvalue weighted by Gasteiger charge is 2.04. The molecule has 2 nitrogen and oxygen atoms in total. The van der Waals surface area contributed by atoms with Gasteiger partial charge in [0.05, 0.1) is 0 Å². The van der Waals surface area contributed by atoms with Gasteiger partial charge in [0.2, 0.25) is 5.39 Å². The predicted molar refractivity (Wildman–Crippen MR) is 35.9 cm³/mol. The van der Waals surface area contributed by atoms with Gasteiger partial charge in [0, 0.05) is 11.6 Å². The third-order valence-corrected chi connectivity index (χ3v) is 1.22. The van der Waals surface area contributed by atoms with Crippen LogP contribution in [-0.2, 0) is 0 Å². The Morgan fingerprint density at radius 2 is 1.90 bits per heavy atom. The number of rotatable bonds is 0. The molecule has 0 heterocycles. The number of diazo groups is 1. The van der Waals surface area contributed by atoms with Crippen LogP contribution < -0.4 is 17.0 Å². The Labute approximate surface area is 70.3 Å². The van der Waals surface area contributed by atoms with Gasteiger partial charge < -0.3 is 17.0 Å². The van der Waals surface area contributed by atoms with Gasteiger partial charge in [-0.25, -0.2) is 0 Å². The van der Waals surface area contributed by atoms with E-state index in [9.17, 15) is 0 Å². The van der Waals surface area contributed by atoms with Crippen LogP contribution in [0.15, 0.2) is 24.3 Å². The molecule has 0 fully saturated rings. The summed E-state index contributed by atoms with van der Waals surface area (Å²) in [7, 11) is 0. The van der Waals surface area contributed by atoms with Gasteiger partial charge in [0.1, 0.15) is 0 Å². The maximum atomic E-state index is 8.34. The van der Waals surface area contributed by atoms with Crippen molar-refractivity contribution in [1.29, 1.82) is 5.39 Å². The molecule has 0 bridgehead atoms. The molecule has 0 saturated heterocycles. The van der Waals surface area contributed by atoms with E-state index in [1.165, 1.54) is 0 Å².